The first-order valence-corrected chi connectivity index (χ1v) is 8.77. The zero-order chi connectivity index (χ0) is 15.8. The fourth-order valence-electron chi connectivity index (χ4n) is 3.59. The van der Waals surface area contributed by atoms with E-state index in [1.807, 2.05) is 0 Å². The van der Waals surface area contributed by atoms with Crippen LogP contribution in [0.15, 0.2) is 12.4 Å². The van der Waals surface area contributed by atoms with Gasteiger partial charge in [0.1, 0.15) is 6.10 Å². The highest BCUT2D eigenvalue weighted by Gasteiger charge is 2.43. The molecule has 1 aromatic heterocycles. The molecule has 1 amide bonds. The Morgan fingerprint density at radius 2 is 1.74 bits per heavy atom. The van der Waals surface area contributed by atoms with Crippen molar-refractivity contribution < 1.29 is 9.53 Å². The molecular formula is C16H21ClN4O2. The van der Waals surface area contributed by atoms with E-state index in [0.29, 0.717) is 23.0 Å². The van der Waals surface area contributed by atoms with Gasteiger partial charge in [0.15, 0.2) is 0 Å². The third-order valence-electron chi connectivity index (χ3n) is 4.99. The molecule has 1 aromatic rings. The highest BCUT2D eigenvalue weighted by Crippen LogP contribution is 2.32. The summed E-state index contributed by atoms with van der Waals surface area (Å²) >= 11 is 5.78. The molecule has 23 heavy (non-hydrogen) atoms. The van der Waals surface area contributed by atoms with Crippen molar-refractivity contribution in [2.75, 3.05) is 19.6 Å². The third kappa shape index (κ3) is 3.28. The van der Waals surface area contributed by atoms with E-state index in [9.17, 15) is 4.79 Å². The maximum absolute atomic E-state index is 12.5. The second-order valence-corrected chi connectivity index (χ2v) is 7.04. The smallest absolute Gasteiger partial charge is 0.316 e. The van der Waals surface area contributed by atoms with E-state index in [1.54, 1.807) is 12.4 Å². The second kappa shape index (κ2) is 6.24. The van der Waals surface area contributed by atoms with Gasteiger partial charge in [-0.2, -0.15) is 0 Å². The predicted molar refractivity (Wildman–Crippen MR) is 85.4 cm³/mol. The van der Waals surface area contributed by atoms with Crippen LogP contribution in [0.1, 0.15) is 32.1 Å². The van der Waals surface area contributed by atoms with Crippen molar-refractivity contribution in [3.8, 4) is 6.01 Å². The molecule has 7 heteroatoms. The van der Waals surface area contributed by atoms with Gasteiger partial charge in [-0.3, -0.25) is 9.69 Å². The number of likely N-dealkylation sites (tertiary alicyclic amines) is 2. The molecule has 0 radical (unpaired) electrons. The van der Waals surface area contributed by atoms with Crippen LogP contribution in [0.5, 0.6) is 6.01 Å². The molecule has 0 bridgehead atoms. The van der Waals surface area contributed by atoms with Crippen molar-refractivity contribution in [2.24, 2.45) is 0 Å². The number of halogens is 1. The monoisotopic (exact) mass is 336 g/mol. The van der Waals surface area contributed by atoms with Gasteiger partial charge in [0.2, 0.25) is 5.91 Å². The lowest BCUT2D eigenvalue weighted by Crippen LogP contribution is -2.47. The minimum Gasteiger partial charge on any atom is -0.460 e. The molecule has 4 rings (SSSR count). The van der Waals surface area contributed by atoms with E-state index < -0.39 is 0 Å². The van der Waals surface area contributed by atoms with Crippen LogP contribution in [0, 0.1) is 0 Å². The maximum atomic E-state index is 12.5. The van der Waals surface area contributed by atoms with Gasteiger partial charge in [-0.1, -0.05) is 11.6 Å². The normalized spacial score (nSPS) is 26.7. The summed E-state index contributed by atoms with van der Waals surface area (Å²) in [4.78, 5) is 25.1. The van der Waals surface area contributed by atoms with Crippen LogP contribution >= 0.6 is 11.6 Å². The molecule has 2 saturated heterocycles. The summed E-state index contributed by atoms with van der Waals surface area (Å²) in [5.41, 5.74) is 0. The topological polar surface area (TPSA) is 58.6 Å². The number of hydrogen-bond donors (Lipinski definition) is 0. The van der Waals surface area contributed by atoms with Crippen molar-refractivity contribution in [3.05, 3.63) is 17.4 Å². The van der Waals surface area contributed by atoms with Gasteiger partial charge in [0, 0.05) is 25.7 Å². The molecule has 0 spiro atoms. The molecule has 1 saturated carbocycles. The number of ether oxygens (including phenoxy) is 1. The lowest BCUT2D eigenvalue weighted by Gasteiger charge is -2.34. The van der Waals surface area contributed by atoms with Crippen LogP contribution in [0.4, 0.5) is 0 Å². The lowest BCUT2D eigenvalue weighted by molar-refractivity contribution is -0.133. The molecule has 6 nitrogen and oxygen atoms in total. The fraction of sp³-hybridized carbons (Fsp3) is 0.688. The number of piperidine rings is 1. The molecule has 1 aliphatic carbocycles. The van der Waals surface area contributed by atoms with Crippen molar-refractivity contribution in [1.29, 1.82) is 0 Å². The Morgan fingerprint density at radius 3 is 2.39 bits per heavy atom. The average Bonchev–Trinajstić information content (AvgIpc) is 3.33. The van der Waals surface area contributed by atoms with E-state index in [1.165, 1.54) is 12.8 Å². The van der Waals surface area contributed by atoms with E-state index in [2.05, 4.69) is 19.8 Å². The molecule has 2 aliphatic heterocycles. The van der Waals surface area contributed by atoms with Gasteiger partial charge in [-0.05, 0) is 32.1 Å². The van der Waals surface area contributed by atoms with E-state index in [4.69, 9.17) is 16.3 Å². The Hall–Kier alpha value is -1.40. The minimum atomic E-state index is 0.0864. The zero-order valence-electron chi connectivity index (χ0n) is 13.0. The Balaban J connectivity index is 1.29. The van der Waals surface area contributed by atoms with Crippen LogP contribution in [0.2, 0.25) is 5.02 Å². The summed E-state index contributed by atoms with van der Waals surface area (Å²) in [6.07, 6.45) is 8.36. The number of carbonyl (C=O) groups is 1. The van der Waals surface area contributed by atoms with Crippen LogP contribution in [-0.2, 0) is 4.79 Å². The van der Waals surface area contributed by atoms with E-state index in [0.717, 1.165) is 38.9 Å². The number of aromatic nitrogens is 2. The van der Waals surface area contributed by atoms with Crippen molar-refractivity contribution in [3.63, 3.8) is 0 Å². The largest absolute Gasteiger partial charge is 0.460 e. The summed E-state index contributed by atoms with van der Waals surface area (Å²) in [7, 11) is 0. The number of rotatable bonds is 4. The van der Waals surface area contributed by atoms with Gasteiger partial charge in [-0.15, -0.1) is 0 Å². The van der Waals surface area contributed by atoms with Gasteiger partial charge in [0.05, 0.1) is 23.5 Å². The number of carbonyl (C=O) groups excluding carboxylic acids is 1. The Kier molecular flexibility index (Phi) is 4.11. The summed E-state index contributed by atoms with van der Waals surface area (Å²) in [6.45, 7) is 2.73. The first-order valence-electron chi connectivity index (χ1n) is 8.39. The number of nitrogens with zero attached hydrogens (tertiary/aromatic N) is 4. The SMILES string of the molecule is O=C1C(N2CCC(Oc3ncc(Cl)cn3)CC2)CCN1C1CC1. The third-order valence-corrected chi connectivity index (χ3v) is 5.18. The zero-order valence-corrected chi connectivity index (χ0v) is 13.8. The maximum Gasteiger partial charge on any atom is 0.316 e. The Labute approximate surface area is 140 Å². The molecule has 1 atom stereocenters. The van der Waals surface area contributed by atoms with Crippen LogP contribution in [-0.4, -0.2) is 63.5 Å². The van der Waals surface area contributed by atoms with Crippen molar-refractivity contribution in [2.45, 2.75) is 50.3 Å². The van der Waals surface area contributed by atoms with Gasteiger partial charge in [-0.25, -0.2) is 9.97 Å². The molecule has 0 aromatic carbocycles. The molecular weight excluding hydrogens is 316 g/mol. The Bertz CT molecular complexity index is 570. The van der Waals surface area contributed by atoms with E-state index >= 15 is 0 Å². The molecule has 3 heterocycles. The number of amides is 1. The Morgan fingerprint density at radius 1 is 1.04 bits per heavy atom. The highest BCUT2D eigenvalue weighted by atomic mass is 35.5. The van der Waals surface area contributed by atoms with Gasteiger partial charge < -0.3 is 9.64 Å². The minimum absolute atomic E-state index is 0.0864. The van der Waals surface area contributed by atoms with Gasteiger partial charge >= 0.3 is 6.01 Å². The molecule has 0 N–H and O–H groups in total. The van der Waals surface area contributed by atoms with Gasteiger partial charge in [0.25, 0.3) is 0 Å². The summed E-state index contributed by atoms with van der Waals surface area (Å²) in [5.74, 6) is 0.341. The molecule has 124 valence electrons. The standard InChI is InChI=1S/C16H21ClN4O2/c17-11-9-18-16(19-10-11)23-13-3-6-20(7-4-13)14-5-8-21(15(14)22)12-1-2-12/h9-10,12-14H,1-8H2. The quantitative estimate of drug-likeness (QED) is 0.838. The average molecular weight is 337 g/mol. The van der Waals surface area contributed by atoms with Crippen molar-refractivity contribution >= 4 is 17.5 Å². The first-order chi connectivity index (χ1) is 11.2. The van der Waals surface area contributed by atoms with Crippen LogP contribution in [0.3, 0.4) is 0 Å². The molecule has 1 unspecified atom stereocenters. The molecule has 3 aliphatic rings. The van der Waals surface area contributed by atoms with Crippen LogP contribution < -0.4 is 4.74 Å². The second-order valence-electron chi connectivity index (χ2n) is 6.60. The summed E-state index contributed by atoms with van der Waals surface area (Å²) < 4.78 is 5.81. The van der Waals surface area contributed by atoms with Crippen molar-refractivity contribution in [1.82, 2.24) is 19.8 Å². The fourth-order valence-corrected chi connectivity index (χ4v) is 3.69. The first kappa shape index (κ1) is 15.1. The highest BCUT2D eigenvalue weighted by molar-refractivity contribution is 6.30. The van der Waals surface area contributed by atoms with E-state index in [-0.39, 0.29) is 12.1 Å². The van der Waals surface area contributed by atoms with Crippen LogP contribution in [0.25, 0.3) is 0 Å². The summed E-state index contributed by atoms with van der Waals surface area (Å²) in [5, 5.41) is 0.507. The predicted octanol–water partition coefficient (Wildman–Crippen LogP) is 1.74. The number of hydrogen-bond acceptors (Lipinski definition) is 5. The lowest BCUT2D eigenvalue weighted by atomic mass is 10.0. The summed E-state index contributed by atoms with van der Waals surface area (Å²) in [6, 6.07) is 1.00. The molecule has 3 fully saturated rings.